The molecule has 1 heterocycles. The van der Waals surface area contributed by atoms with Crippen LogP contribution in [0.25, 0.3) is 0 Å². The lowest BCUT2D eigenvalue weighted by Crippen LogP contribution is -2.19. The summed E-state index contributed by atoms with van der Waals surface area (Å²) in [7, 11) is -4.14. The van der Waals surface area contributed by atoms with Crippen molar-refractivity contribution in [1.82, 2.24) is 4.98 Å². The number of halogens is 4. The molecule has 0 amide bonds. The summed E-state index contributed by atoms with van der Waals surface area (Å²) in [6.45, 7) is 1.60. The van der Waals surface area contributed by atoms with Gasteiger partial charge in [0.25, 0.3) is 0 Å². The highest BCUT2D eigenvalue weighted by molar-refractivity contribution is 7.92. The number of carbonyl (C=O) groups is 1. The first-order chi connectivity index (χ1) is 8.70. The van der Waals surface area contributed by atoms with E-state index in [1.54, 1.807) is 6.92 Å². The van der Waals surface area contributed by atoms with Crippen LogP contribution in [0.15, 0.2) is 4.90 Å². The lowest BCUT2D eigenvalue weighted by atomic mass is 10.5. The van der Waals surface area contributed by atoms with Crippen LogP contribution in [0.2, 0.25) is 20.4 Å². The summed E-state index contributed by atoms with van der Waals surface area (Å²) in [4.78, 5) is 14.3. The first-order valence-corrected chi connectivity index (χ1v) is 7.95. The van der Waals surface area contributed by atoms with Crippen LogP contribution in [-0.4, -0.2) is 31.7 Å². The van der Waals surface area contributed by atoms with Crippen molar-refractivity contribution in [3.63, 3.8) is 0 Å². The Balaban J connectivity index is 3.33. The van der Waals surface area contributed by atoms with Gasteiger partial charge in [-0.15, -0.1) is 0 Å². The van der Waals surface area contributed by atoms with Gasteiger partial charge in [0.05, 0.1) is 16.7 Å². The molecule has 1 aromatic rings. The Hall–Kier alpha value is -0.270. The van der Waals surface area contributed by atoms with Crippen molar-refractivity contribution in [1.29, 1.82) is 0 Å². The van der Waals surface area contributed by atoms with Crippen LogP contribution in [-0.2, 0) is 19.4 Å². The van der Waals surface area contributed by atoms with E-state index in [1.807, 2.05) is 0 Å². The largest absolute Gasteiger partial charge is 0.465 e. The van der Waals surface area contributed by atoms with Gasteiger partial charge in [-0.25, -0.2) is 13.4 Å². The summed E-state index contributed by atoms with van der Waals surface area (Å²) in [5.41, 5.74) is 0. The molecule has 5 nitrogen and oxygen atoms in total. The fraction of sp³-hybridized carbons (Fsp3) is 0.333. The number of aromatic nitrogens is 1. The highest BCUT2D eigenvalue weighted by atomic mass is 35.5. The number of hydrogen-bond acceptors (Lipinski definition) is 5. The Bertz CT molecular complexity index is 591. The molecule has 106 valence electrons. The summed E-state index contributed by atoms with van der Waals surface area (Å²) in [6.07, 6.45) is 0. The van der Waals surface area contributed by atoms with Gasteiger partial charge >= 0.3 is 5.97 Å². The summed E-state index contributed by atoms with van der Waals surface area (Å²) in [5, 5.41) is -1.42. The molecule has 0 saturated carbocycles. The van der Waals surface area contributed by atoms with Gasteiger partial charge in [-0.05, 0) is 6.92 Å². The van der Waals surface area contributed by atoms with E-state index in [4.69, 9.17) is 46.4 Å². The van der Waals surface area contributed by atoms with Gasteiger partial charge in [0.1, 0.15) is 4.90 Å². The van der Waals surface area contributed by atoms with Crippen LogP contribution in [0.3, 0.4) is 0 Å². The zero-order valence-corrected chi connectivity index (χ0v) is 13.3. The zero-order chi connectivity index (χ0) is 14.8. The van der Waals surface area contributed by atoms with Crippen LogP contribution in [0.5, 0.6) is 0 Å². The number of carbonyl (C=O) groups excluding carboxylic acids is 1. The van der Waals surface area contributed by atoms with Crippen molar-refractivity contribution < 1.29 is 17.9 Å². The monoisotopic (exact) mass is 365 g/mol. The Morgan fingerprint density at radius 2 is 1.63 bits per heavy atom. The van der Waals surface area contributed by atoms with Gasteiger partial charge in [-0.1, -0.05) is 46.4 Å². The maximum atomic E-state index is 12.0. The van der Waals surface area contributed by atoms with Crippen molar-refractivity contribution in [2.75, 3.05) is 12.4 Å². The fourth-order valence-corrected chi connectivity index (χ4v) is 3.99. The first-order valence-electron chi connectivity index (χ1n) is 4.79. The maximum Gasteiger partial charge on any atom is 0.321 e. The lowest BCUT2D eigenvalue weighted by Gasteiger charge is -2.10. The third kappa shape index (κ3) is 3.86. The molecular weight excluding hydrogens is 360 g/mol. The third-order valence-corrected chi connectivity index (χ3v) is 5.23. The number of esters is 1. The molecule has 0 aliphatic carbocycles. The summed E-state index contributed by atoms with van der Waals surface area (Å²) in [5.74, 6) is -1.85. The highest BCUT2D eigenvalue weighted by Crippen LogP contribution is 2.38. The van der Waals surface area contributed by atoms with E-state index in [0.717, 1.165) is 0 Å². The van der Waals surface area contributed by atoms with E-state index in [2.05, 4.69) is 9.72 Å². The van der Waals surface area contributed by atoms with Gasteiger partial charge in [-0.3, -0.25) is 4.79 Å². The minimum atomic E-state index is -4.14. The van der Waals surface area contributed by atoms with Crippen molar-refractivity contribution in [2.24, 2.45) is 0 Å². The Kier molecular flexibility index (Phi) is 5.70. The van der Waals surface area contributed by atoms with E-state index in [-0.39, 0.29) is 27.0 Å². The van der Waals surface area contributed by atoms with Gasteiger partial charge in [0, 0.05) is 0 Å². The van der Waals surface area contributed by atoms with Crippen LogP contribution < -0.4 is 0 Å². The lowest BCUT2D eigenvalue weighted by molar-refractivity contribution is -0.139. The number of rotatable bonds is 4. The number of hydrogen-bond donors (Lipinski definition) is 0. The molecule has 0 aromatic carbocycles. The molecule has 0 radical (unpaired) electrons. The van der Waals surface area contributed by atoms with E-state index < -0.39 is 26.5 Å². The van der Waals surface area contributed by atoms with E-state index in [1.165, 1.54) is 0 Å². The maximum absolute atomic E-state index is 12.0. The minimum Gasteiger partial charge on any atom is -0.465 e. The molecule has 19 heavy (non-hydrogen) atoms. The average molecular weight is 367 g/mol. The van der Waals surface area contributed by atoms with Crippen LogP contribution in [0.4, 0.5) is 0 Å². The predicted molar refractivity (Wildman–Crippen MR) is 73.0 cm³/mol. The normalized spacial score (nSPS) is 11.4. The van der Waals surface area contributed by atoms with E-state index in [9.17, 15) is 13.2 Å². The predicted octanol–water partition coefficient (Wildman–Crippen LogP) is 3.03. The van der Waals surface area contributed by atoms with Crippen molar-refractivity contribution >= 4 is 62.2 Å². The number of pyridine rings is 1. The van der Waals surface area contributed by atoms with Crippen LogP contribution in [0, 0.1) is 0 Å². The molecule has 10 heteroatoms. The summed E-state index contributed by atoms with van der Waals surface area (Å²) in [6, 6.07) is 0. The molecule has 0 spiro atoms. The molecule has 0 N–H and O–H groups in total. The molecule has 0 bridgehead atoms. The molecule has 0 fully saturated rings. The topological polar surface area (TPSA) is 73.3 Å². The van der Waals surface area contributed by atoms with E-state index >= 15 is 0 Å². The van der Waals surface area contributed by atoms with Gasteiger partial charge in [-0.2, -0.15) is 0 Å². The van der Waals surface area contributed by atoms with E-state index in [0.29, 0.717) is 0 Å². The summed E-state index contributed by atoms with van der Waals surface area (Å²) < 4.78 is 28.7. The molecule has 0 aliphatic heterocycles. The zero-order valence-electron chi connectivity index (χ0n) is 9.41. The van der Waals surface area contributed by atoms with Crippen molar-refractivity contribution in [3.8, 4) is 0 Å². The van der Waals surface area contributed by atoms with Crippen molar-refractivity contribution in [2.45, 2.75) is 11.8 Å². The molecular formula is C9H7Cl4NO4S. The number of sulfone groups is 1. The third-order valence-electron chi connectivity index (χ3n) is 1.88. The van der Waals surface area contributed by atoms with Gasteiger partial charge in [0.15, 0.2) is 25.9 Å². The highest BCUT2D eigenvalue weighted by Gasteiger charge is 2.29. The molecule has 0 unspecified atom stereocenters. The smallest absolute Gasteiger partial charge is 0.321 e. The molecule has 0 aliphatic rings. The molecule has 1 aromatic heterocycles. The SMILES string of the molecule is CCOC(=O)CS(=O)(=O)c1c(Cl)c(Cl)nc(Cl)c1Cl. The quantitative estimate of drug-likeness (QED) is 0.604. The fourth-order valence-electron chi connectivity index (χ4n) is 1.17. The second-order valence-electron chi connectivity index (χ2n) is 3.21. The summed E-state index contributed by atoms with van der Waals surface area (Å²) >= 11 is 22.7. The Morgan fingerprint density at radius 1 is 1.16 bits per heavy atom. The second kappa shape index (κ2) is 6.45. The first kappa shape index (κ1) is 16.8. The number of nitrogens with zero attached hydrogens (tertiary/aromatic N) is 1. The van der Waals surface area contributed by atoms with Crippen LogP contribution >= 0.6 is 46.4 Å². The van der Waals surface area contributed by atoms with Crippen molar-refractivity contribution in [3.05, 3.63) is 20.4 Å². The molecule has 0 atom stereocenters. The van der Waals surface area contributed by atoms with Gasteiger partial charge < -0.3 is 4.74 Å². The van der Waals surface area contributed by atoms with Crippen LogP contribution in [0.1, 0.15) is 6.92 Å². The Morgan fingerprint density at radius 3 is 2.05 bits per heavy atom. The molecule has 1 rings (SSSR count). The molecule has 0 saturated heterocycles. The second-order valence-corrected chi connectivity index (χ2v) is 6.61. The average Bonchev–Trinajstić information content (AvgIpc) is 2.25. The minimum absolute atomic E-state index is 0.0493. The van der Waals surface area contributed by atoms with Gasteiger partial charge in [0.2, 0.25) is 0 Å². The Labute approximate surface area is 129 Å². The standard InChI is InChI=1S/C9H7Cl4NO4S/c1-2-18-4(15)3-19(16,17)7-5(10)8(12)14-9(13)6(7)11/h2-3H2,1H3. The number of ether oxygens (including phenoxy) is 1.